The maximum absolute atomic E-state index is 13.2. The van der Waals surface area contributed by atoms with Crippen LogP contribution in [0.3, 0.4) is 0 Å². The first-order chi connectivity index (χ1) is 13.7. The number of carbonyl (C=O) groups excluding carboxylic acids is 1. The first-order valence-corrected chi connectivity index (χ1v) is 10.8. The van der Waals surface area contributed by atoms with Crippen LogP contribution in [0.5, 0.6) is 5.88 Å². The Morgan fingerprint density at radius 3 is 2.38 bits per heavy atom. The minimum Gasteiger partial charge on any atom is -0.478 e. The molecule has 1 amide bonds. The smallest absolute Gasteiger partial charge is 0.285 e. The van der Waals surface area contributed by atoms with E-state index >= 15 is 0 Å². The van der Waals surface area contributed by atoms with Crippen molar-refractivity contribution in [1.82, 2.24) is 14.6 Å². The maximum atomic E-state index is 13.2. The topological polar surface area (TPSA) is 88.6 Å². The van der Waals surface area contributed by atoms with Crippen molar-refractivity contribution >= 4 is 20.8 Å². The van der Waals surface area contributed by atoms with Crippen LogP contribution in [0.2, 0.25) is 0 Å². The van der Waals surface area contributed by atoms with Crippen LogP contribution in [0.15, 0.2) is 60.4 Å². The molecule has 1 aliphatic rings. The standard InChI is InChI=1S/C21H25N3O4S/c1-21(2,3)24-20(25)18(19(29(24,26)27)16-10-5-4-6-11-16)23-14-9-15-28-17-12-7-8-13-22-17/h4-8,10-13,23H,9,14-15H2,1-3H3. The second-order valence-corrected chi connectivity index (χ2v) is 9.34. The first kappa shape index (κ1) is 20.9. The second-order valence-electron chi connectivity index (χ2n) is 7.61. The summed E-state index contributed by atoms with van der Waals surface area (Å²) in [6.07, 6.45) is 2.22. The summed E-state index contributed by atoms with van der Waals surface area (Å²) in [7, 11) is -3.96. The molecule has 7 nitrogen and oxygen atoms in total. The Morgan fingerprint density at radius 1 is 1.07 bits per heavy atom. The monoisotopic (exact) mass is 415 g/mol. The normalized spacial score (nSPS) is 16.2. The molecule has 2 aromatic rings. The lowest BCUT2D eigenvalue weighted by molar-refractivity contribution is -0.125. The van der Waals surface area contributed by atoms with Crippen LogP contribution >= 0.6 is 0 Å². The quantitative estimate of drug-likeness (QED) is 0.700. The van der Waals surface area contributed by atoms with E-state index in [4.69, 9.17) is 4.74 Å². The average molecular weight is 416 g/mol. The summed E-state index contributed by atoms with van der Waals surface area (Å²) in [5.41, 5.74) is -0.287. The minimum atomic E-state index is -3.96. The molecule has 1 aromatic carbocycles. The van der Waals surface area contributed by atoms with Crippen LogP contribution in [0.1, 0.15) is 32.8 Å². The predicted molar refractivity (Wildman–Crippen MR) is 111 cm³/mol. The van der Waals surface area contributed by atoms with Gasteiger partial charge in [0, 0.05) is 18.8 Å². The lowest BCUT2D eigenvalue weighted by atomic mass is 10.1. The van der Waals surface area contributed by atoms with Crippen molar-refractivity contribution in [3.8, 4) is 5.88 Å². The van der Waals surface area contributed by atoms with Gasteiger partial charge >= 0.3 is 0 Å². The van der Waals surface area contributed by atoms with E-state index in [9.17, 15) is 13.2 Å². The minimum absolute atomic E-state index is 0.0173. The number of carbonyl (C=O) groups is 1. The van der Waals surface area contributed by atoms with Gasteiger partial charge in [-0.05, 0) is 38.8 Å². The molecule has 0 bridgehead atoms. The van der Waals surface area contributed by atoms with Crippen LogP contribution in [0, 0.1) is 0 Å². The molecule has 0 fully saturated rings. The van der Waals surface area contributed by atoms with Gasteiger partial charge in [0.15, 0.2) is 0 Å². The number of hydrogen-bond acceptors (Lipinski definition) is 6. The summed E-state index contributed by atoms with van der Waals surface area (Å²) in [4.78, 5) is 17.1. The Morgan fingerprint density at radius 2 is 1.76 bits per heavy atom. The summed E-state index contributed by atoms with van der Waals surface area (Å²) >= 11 is 0. The lowest BCUT2D eigenvalue weighted by Gasteiger charge is -2.30. The Balaban J connectivity index is 1.79. The predicted octanol–water partition coefficient (Wildman–Crippen LogP) is 2.78. The van der Waals surface area contributed by atoms with Crippen molar-refractivity contribution in [2.24, 2.45) is 0 Å². The zero-order chi connectivity index (χ0) is 21.1. The highest BCUT2D eigenvalue weighted by atomic mass is 32.2. The van der Waals surface area contributed by atoms with Gasteiger partial charge in [0.2, 0.25) is 5.88 Å². The molecular formula is C21H25N3O4S. The summed E-state index contributed by atoms with van der Waals surface area (Å²) in [6.45, 7) is 5.89. The highest BCUT2D eigenvalue weighted by Crippen LogP contribution is 2.38. The van der Waals surface area contributed by atoms with E-state index in [1.807, 2.05) is 6.07 Å². The largest absolute Gasteiger partial charge is 0.478 e. The molecular weight excluding hydrogens is 390 g/mol. The van der Waals surface area contributed by atoms with E-state index in [2.05, 4.69) is 10.3 Å². The third-order valence-electron chi connectivity index (χ3n) is 4.28. The highest BCUT2D eigenvalue weighted by Gasteiger charge is 2.49. The van der Waals surface area contributed by atoms with Crippen molar-refractivity contribution in [3.63, 3.8) is 0 Å². The van der Waals surface area contributed by atoms with E-state index in [0.717, 1.165) is 4.31 Å². The SMILES string of the molecule is CC(C)(C)N1C(=O)C(NCCCOc2ccccn2)=C(c2ccccc2)S1(=O)=O. The summed E-state index contributed by atoms with van der Waals surface area (Å²) in [6, 6.07) is 14.1. The van der Waals surface area contributed by atoms with Crippen LogP contribution < -0.4 is 10.1 Å². The van der Waals surface area contributed by atoms with Crippen LogP contribution in [-0.4, -0.2) is 42.3 Å². The molecule has 1 aliphatic heterocycles. The van der Waals surface area contributed by atoms with Crippen molar-refractivity contribution in [2.75, 3.05) is 13.2 Å². The molecule has 0 unspecified atom stereocenters. The fourth-order valence-electron chi connectivity index (χ4n) is 3.13. The van der Waals surface area contributed by atoms with Crippen molar-refractivity contribution in [2.45, 2.75) is 32.7 Å². The maximum Gasteiger partial charge on any atom is 0.285 e. The van der Waals surface area contributed by atoms with Crippen LogP contribution in [-0.2, 0) is 14.8 Å². The zero-order valence-electron chi connectivity index (χ0n) is 16.8. The number of ether oxygens (including phenoxy) is 1. The summed E-state index contributed by atoms with van der Waals surface area (Å²) in [5, 5.41) is 3.03. The van der Waals surface area contributed by atoms with E-state index in [-0.39, 0.29) is 10.6 Å². The van der Waals surface area contributed by atoms with E-state index in [1.165, 1.54) is 0 Å². The molecule has 29 heavy (non-hydrogen) atoms. The Bertz CT molecular complexity index is 997. The number of nitrogens with one attached hydrogen (secondary N) is 1. The van der Waals surface area contributed by atoms with Gasteiger partial charge in [0.1, 0.15) is 10.6 Å². The zero-order valence-corrected chi connectivity index (χ0v) is 17.6. The fraction of sp³-hybridized carbons (Fsp3) is 0.333. The second kappa shape index (κ2) is 8.24. The van der Waals surface area contributed by atoms with Crippen LogP contribution in [0.25, 0.3) is 4.91 Å². The first-order valence-electron chi connectivity index (χ1n) is 9.40. The Labute approximate surface area is 171 Å². The number of rotatable bonds is 7. The average Bonchev–Trinajstić information content (AvgIpc) is 2.87. The van der Waals surface area contributed by atoms with Crippen molar-refractivity contribution in [3.05, 3.63) is 66.0 Å². The number of pyridine rings is 1. The molecule has 1 aromatic heterocycles. The number of sulfonamides is 1. The van der Waals surface area contributed by atoms with Gasteiger partial charge in [0.05, 0.1) is 12.1 Å². The molecule has 0 radical (unpaired) electrons. The summed E-state index contributed by atoms with van der Waals surface area (Å²) in [5.74, 6) is -0.0166. The third kappa shape index (κ3) is 4.42. The van der Waals surface area contributed by atoms with E-state index in [1.54, 1.807) is 69.4 Å². The number of aromatic nitrogens is 1. The van der Waals surface area contributed by atoms with Gasteiger partial charge < -0.3 is 10.1 Å². The van der Waals surface area contributed by atoms with Gasteiger partial charge in [0.25, 0.3) is 15.9 Å². The number of nitrogens with zero attached hydrogens (tertiary/aromatic N) is 2. The lowest BCUT2D eigenvalue weighted by Crippen LogP contribution is -2.46. The number of amides is 1. The molecule has 2 heterocycles. The Hall–Kier alpha value is -2.87. The molecule has 0 saturated heterocycles. The molecule has 1 N–H and O–H groups in total. The molecule has 0 atom stereocenters. The molecule has 154 valence electrons. The van der Waals surface area contributed by atoms with Gasteiger partial charge in [-0.1, -0.05) is 36.4 Å². The van der Waals surface area contributed by atoms with Gasteiger partial charge in [-0.25, -0.2) is 17.7 Å². The van der Waals surface area contributed by atoms with Gasteiger partial charge in [-0.2, -0.15) is 0 Å². The van der Waals surface area contributed by atoms with Crippen molar-refractivity contribution < 1.29 is 17.9 Å². The number of hydrogen-bond donors (Lipinski definition) is 1. The molecule has 8 heteroatoms. The molecule has 0 aliphatic carbocycles. The van der Waals surface area contributed by atoms with Crippen LogP contribution in [0.4, 0.5) is 0 Å². The highest BCUT2D eigenvalue weighted by molar-refractivity contribution is 7.99. The summed E-state index contributed by atoms with van der Waals surface area (Å²) < 4.78 is 32.9. The van der Waals surface area contributed by atoms with Gasteiger partial charge in [-0.3, -0.25) is 4.79 Å². The molecule has 0 saturated carbocycles. The van der Waals surface area contributed by atoms with E-state index < -0.39 is 21.5 Å². The molecule has 3 rings (SSSR count). The van der Waals surface area contributed by atoms with Crippen molar-refractivity contribution in [1.29, 1.82) is 0 Å². The Kier molecular flexibility index (Phi) is 5.93. The molecule has 0 spiro atoms. The van der Waals surface area contributed by atoms with Gasteiger partial charge in [-0.15, -0.1) is 0 Å². The number of benzene rings is 1. The fourth-order valence-corrected chi connectivity index (χ4v) is 5.19. The van der Waals surface area contributed by atoms with E-state index in [0.29, 0.717) is 31.0 Å². The third-order valence-corrected chi connectivity index (χ3v) is 6.43.